The first-order valence-electron chi connectivity index (χ1n) is 9.41. The minimum atomic E-state index is -0.520. The van der Waals surface area contributed by atoms with Gasteiger partial charge in [0.2, 0.25) is 5.91 Å². The van der Waals surface area contributed by atoms with Gasteiger partial charge in [0.15, 0.2) is 5.76 Å². The topological polar surface area (TPSA) is 74.6 Å². The molecule has 2 aliphatic rings. The number of likely N-dealkylation sites (tertiary alicyclic amines) is 1. The third-order valence-electron chi connectivity index (χ3n) is 5.16. The third-order valence-corrected chi connectivity index (χ3v) is 5.16. The Morgan fingerprint density at radius 3 is 2.46 bits per heavy atom. The molecule has 0 spiro atoms. The van der Waals surface area contributed by atoms with Gasteiger partial charge in [0, 0.05) is 19.1 Å². The van der Waals surface area contributed by atoms with Crippen molar-refractivity contribution in [1.82, 2.24) is 15.5 Å². The van der Waals surface area contributed by atoms with Crippen molar-refractivity contribution in [3.8, 4) is 0 Å². The van der Waals surface area contributed by atoms with E-state index in [9.17, 15) is 9.59 Å². The first-order chi connectivity index (χ1) is 12.0. The summed E-state index contributed by atoms with van der Waals surface area (Å²) in [6, 6.07) is 3.27. The van der Waals surface area contributed by atoms with Crippen LogP contribution in [-0.4, -0.2) is 48.4 Å². The molecule has 146 valence electrons. The molecule has 0 aromatic carbocycles. The lowest BCUT2D eigenvalue weighted by atomic mass is 9.99. The van der Waals surface area contributed by atoms with Crippen molar-refractivity contribution in [2.45, 2.75) is 51.6 Å². The number of halogens is 1. The molecule has 1 saturated carbocycles. The molecule has 1 saturated heterocycles. The summed E-state index contributed by atoms with van der Waals surface area (Å²) >= 11 is 0. The Balaban J connectivity index is 0.00000243. The molecular weight excluding hydrogens is 354 g/mol. The largest absolute Gasteiger partial charge is 0.459 e. The molecule has 2 N–H and O–H groups in total. The molecule has 2 heterocycles. The number of carbonyl (C=O) groups is 2. The lowest BCUT2D eigenvalue weighted by Crippen LogP contribution is -2.54. The second-order valence-corrected chi connectivity index (χ2v) is 7.62. The zero-order valence-corrected chi connectivity index (χ0v) is 16.4. The lowest BCUT2D eigenvalue weighted by molar-refractivity contribution is -0.135. The first kappa shape index (κ1) is 20.8. The second-order valence-electron chi connectivity index (χ2n) is 7.62. The number of hydrogen-bond donors (Lipinski definition) is 2. The van der Waals surface area contributed by atoms with Gasteiger partial charge in [-0.25, -0.2) is 0 Å². The number of hydrogen-bond acceptors (Lipinski definition) is 4. The van der Waals surface area contributed by atoms with Crippen molar-refractivity contribution in [3.63, 3.8) is 0 Å². The number of rotatable bonds is 7. The Morgan fingerprint density at radius 2 is 1.92 bits per heavy atom. The predicted octanol–water partition coefficient (Wildman–Crippen LogP) is 2.45. The third kappa shape index (κ3) is 5.48. The fourth-order valence-electron chi connectivity index (χ4n) is 3.29. The second kappa shape index (κ2) is 9.42. The van der Waals surface area contributed by atoms with E-state index in [0.29, 0.717) is 6.04 Å². The van der Waals surface area contributed by atoms with E-state index in [0.717, 1.165) is 38.4 Å². The van der Waals surface area contributed by atoms with Gasteiger partial charge >= 0.3 is 0 Å². The highest BCUT2D eigenvalue weighted by molar-refractivity contribution is 5.95. The van der Waals surface area contributed by atoms with Crippen LogP contribution in [0, 0.1) is 11.8 Å². The van der Waals surface area contributed by atoms with Crippen LogP contribution < -0.4 is 10.6 Å². The summed E-state index contributed by atoms with van der Waals surface area (Å²) in [4.78, 5) is 27.0. The monoisotopic (exact) mass is 383 g/mol. The number of nitrogens with zero attached hydrogens (tertiary/aromatic N) is 1. The standard InChI is InChI=1S/C19H29N3O3.ClH/c1-13(2)17(21-18(23)16-4-3-11-25-16)19(24)22-9-7-15(8-10-22)20-12-14-5-6-14;/h3-4,11,13-15,17,20H,5-10,12H2,1-2H3,(H,21,23);1H. The molecule has 0 radical (unpaired) electrons. The van der Waals surface area contributed by atoms with Crippen molar-refractivity contribution in [1.29, 1.82) is 0 Å². The smallest absolute Gasteiger partial charge is 0.287 e. The molecule has 7 heteroatoms. The molecule has 3 rings (SSSR count). The van der Waals surface area contributed by atoms with Crippen LogP contribution in [-0.2, 0) is 4.79 Å². The van der Waals surface area contributed by atoms with Crippen molar-refractivity contribution in [3.05, 3.63) is 24.2 Å². The van der Waals surface area contributed by atoms with Gasteiger partial charge in [0.05, 0.1) is 6.26 Å². The fraction of sp³-hybridized carbons (Fsp3) is 0.684. The molecule has 1 unspecified atom stereocenters. The molecule has 6 nitrogen and oxygen atoms in total. The van der Waals surface area contributed by atoms with Crippen LogP contribution in [0.15, 0.2) is 22.8 Å². The van der Waals surface area contributed by atoms with Crippen molar-refractivity contribution < 1.29 is 14.0 Å². The van der Waals surface area contributed by atoms with E-state index in [2.05, 4.69) is 10.6 Å². The van der Waals surface area contributed by atoms with E-state index in [1.54, 1.807) is 12.1 Å². The number of carbonyl (C=O) groups excluding carboxylic acids is 2. The Hall–Kier alpha value is -1.53. The van der Waals surface area contributed by atoms with E-state index in [4.69, 9.17) is 4.42 Å². The number of nitrogens with one attached hydrogen (secondary N) is 2. The molecule has 1 aliphatic heterocycles. The van der Waals surface area contributed by atoms with E-state index in [1.807, 2.05) is 18.7 Å². The van der Waals surface area contributed by atoms with E-state index in [1.165, 1.54) is 19.1 Å². The van der Waals surface area contributed by atoms with Gasteiger partial charge in [-0.1, -0.05) is 13.8 Å². The SMILES string of the molecule is CC(C)C(NC(=O)c1ccco1)C(=O)N1CCC(NCC2CC2)CC1.Cl. The zero-order valence-electron chi connectivity index (χ0n) is 15.6. The molecule has 1 atom stereocenters. The van der Waals surface area contributed by atoms with Gasteiger partial charge in [-0.05, 0) is 56.2 Å². The highest BCUT2D eigenvalue weighted by atomic mass is 35.5. The van der Waals surface area contributed by atoms with Crippen LogP contribution in [0.5, 0.6) is 0 Å². The highest BCUT2D eigenvalue weighted by Crippen LogP contribution is 2.28. The molecule has 2 fully saturated rings. The van der Waals surface area contributed by atoms with Gasteiger partial charge in [-0.15, -0.1) is 12.4 Å². The van der Waals surface area contributed by atoms with Crippen LogP contribution in [0.25, 0.3) is 0 Å². The summed E-state index contributed by atoms with van der Waals surface area (Å²) in [7, 11) is 0. The lowest BCUT2D eigenvalue weighted by Gasteiger charge is -2.35. The van der Waals surface area contributed by atoms with Crippen molar-refractivity contribution in [2.75, 3.05) is 19.6 Å². The van der Waals surface area contributed by atoms with Crippen LogP contribution in [0.4, 0.5) is 0 Å². The maximum Gasteiger partial charge on any atom is 0.287 e. The van der Waals surface area contributed by atoms with E-state index < -0.39 is 6.04 Å². The molecule has 1 aromatic heterocycles. The summed E-state index contributed by atoms with van der Waals surface area (Å²) in [6.07, 6.45) is 6.14. The predicted molar refractivity (Wildman–Crippen MR) is 102 cm³/mol. The molecule has 1 aliphatic carbocycles. The summed E-state index contributed by atoms with van der Waals surface area (Å²) in [6.45, 7) is 6.53. The van der Waals surface area contributed by atoms with Crippen LogP contribution in [0.2, 0.25) is 0 Å². The zero-order chi connectivity index (χ0) is 17.8. The minimum absolute atomic E-state index is 0. The van der Waals surface area contributed by atoms with Crippen LogP contribution >= 0.6 is 12.4 Å². The van der Waals surface area contributed by atoms with Crippen molar-refractivity contribution >= 4 is 24.2 Å². The van der Waals surface area contributed by atoms with Crippen molar-refractivity contribution in [2.24, 2.45) is 11.8 Å². The quantitative estimate of drug-likeness (QED) is 0.758. The average Bonchev–Trinajstić information content (AvgIpc) is 3.28. The van der Waals surface area contributed by atoms with E-state index >= 15 is 0 Å². The molecule has 2 amide bonds. The summed E-state index contributed by atoms with van der Waals surface area (Å²) in [5.74, 6) is 0.814. The van der Waals surface area contributed by atoms with Crippen LogP contribution in [0.1, 0.15) is 50.1 Å². The Kier molecular flexibility index (Phi) is 7.53. The average molecular weight is 384 g/mol. The highest BCUT2D eigenvalue weighted by Gasteiger charge is 2.32. The normalized spacial score (nSPS) is 19.1. The van der Waals surface area contributed by atoms with Crippen LogP contribution in [0.3, 0.4) is 0 Å². The summed E-state index contributed by atoms with van der Waals surface area (Å²) in [5.41, 5.74) is 0. The molecular formula is C19H30ClN3O3. The Labute approximate surface area is 161 Å². The molecule has 0 bridgehead atoms. The molecule has 1 aromatic rings. The maximum atomic E-state index is 12.9. The number of furan rings is 1. The number of piperidine rings is 1. The van der Waals surface area contributed by atoms with Gasteiger partial charge in [-0.2, -0.15) is 0 Å². The Bertz CT molecular complexity index is 579. The fourth-order valence-corrected chi connectivity index (χ4v) is 3.29. The van der Waals surface area contributed by atoms with Gasteiger partial charge < -0.3 is 20.0 Å². The van der Waals surface area contributed by atoms with Gasteiger partial charge in [0.1, 0.15) is 6.04 Å². The van der Waals surface area contributed by atoms with E-state index in [-0.39, 0.29) is 35.9 Å². The van der Waals surface area contributed by atoms with Gasteiger partial charge in [-0.3, -0.25) is 9.59 Å². The summed E-state index contributed by atoms with van der Waals surface area (Å²) < 4.78 is 5.12. The maximum absolute atomic E-state index is 12.9. The number of amides is 2. The van der Waals surface area contributed by atoms with Gasteiger partial charge in [0.25, 0.3) is 5.91 Å². The first-order valence-corrected chi connectivity index (χ1v) is 9.41. The molecule has 26 heavy (non-hydrogen) atoms. The minimum Gasteiger partial charge on any atom is -0.459 e. The Morgan fingerprint density at radius 1 is 1.23 bits per heavy atom. The summed E-state index contributed by atoms with van der Waals surface area (Å²) in [5, 5.41) is 6.46.